The average Bonchev–Trinajstić information content (AvgIpc) is 2.57. The summed E-state index contributed by atoms with van der Waals surface area (Å²) in [6, 6.07) is 14.0. The van der Waals surface area contributed by atoms with Crippen LogP contribution in [0.3, 0.4) is 0 Å². The summed E-state index contributed by atoms with van der Waals surface area (Å²) in [7, 11) is 0. The summed E-state index contributed by atoms with van der Waals surface area (Å²) >= 11 is 0. The third kappa shape index (κ3) is 4.92. The van der Waals surface area contributed by atoms with E-state index in [4.69, 9.17) is 5.11 Å². The Balaban J connectivity index is 2.13. The van der Waals surface area contributed by atoms with Gasteiger partial charge in [-0.2, -0.15) is 0 Å². The first kappa shape index (κ1) is 19.2. The summed E-state index contributed by atoms with van der Waals surface area (Å²) in [5, 5.41) is 14.6. The number of benzene rings is 2. The van der Waals surface area contributed by atoms with E-state index in [2.05, 4.69) is 10.6 Å². The van der Waals surface area contributed by atoms with Gasteiger partial charge in [0.2, 0.25) is 5.91 Å². The van der Waals surface area contributed by atoms with Crippen LogP contribution in [-0.4, -0.2) is 22.9 Å². The molecule has 6 nitrogen and oxygen atoms in total. The van der Waals surface area contributed by atoms with Crippen molar-refractivity contribution in [3.8, 4) is 0 Å². The van der Waals surface area contributed by atoms with Crippen LogP contribution in [0.2, 0.25) is 0 Å². The molecule has 0 aromatic heterocycles. The van der Waals surface area contributed by atoms with Gasteiger partial charge in [-0.1, -0.05) is 24.3 Å². The zero-order chi connectivity index (χ0) is 19.3. The minimum absolute atomic E-state index is 0.164. The Morgan fingerprint density at radius 2 is 1.65 bits per heavy atom. The Morgan fingerprint density at radius 3 is 2.27 bits per heavy atom. The SMILES string of the molecule is Cc1ccc(C(=O)Nc2ccccc2)cc1NC(=O)CC(C)(C)C(=O)O. The van der Waals surface area contributed by atoms with E-state index in [9.17, 15) is 14.4 Å². The van der Waals surface area contributed by atoms with E-state index in [-0.39, 0.29) is 12.3 Å². The summed E-state index contributed by atoms with van der Waals surface area (Å²) in [6.45, 7) is 4.79. The molecular formula is C20H22N2O4. The van der Waals surface area contributed by atoms with Gasteiger partial charge in [-0.15, -0.1) is 0 Å². The number of carbonyl (C=O) groups is 3. The summed E-state index contributed by atoms with van der Waals surface area (Å²) in [5.41, 5.74) is 1.17. The Hall–Kier alpha value is -3.15. The van der Waals surface area contributed by atoms with E-state index < -0.39 is 17.3 Å². The second-order valence-electron chi connectivity index (χ2n) is 6.76. The van der Waals surface area contributed by atoms with E-state index in [1.165, 1.54) is 13.8 Å². The second-order valence-corrected chi connectivity index (χ2v) is 6.76. The van der Waals surface area contributed by atoms with Gasteiger partial charge in [-0.25, -0.2) is 0 Å². The third-order valence-corrected chi connectivity index (χ3v) is 3.99. The molecule has 2 amide bonds. The lowest BCUT2D eigenvalue weighted by atomic mass is 9.89. The number of amides is 2. The van der Waals surface area contributed by atoms with E-state index in [0.29, 0.717) is 16.9 Å². The topological polar surface area (TPSA) is 95.5 Å². The lowest BCUT2D eigenvalue weighted by Crippen LogP contribution is -2.29. The highest BCUT2D eigenvalue weighted by atomic mass is 16.4. The van der Waals surface area contributed by atoms with Crippen molar-refractivity contribution >= 4 is 29.2 Å². The Morgan fingerprint density at radius 1 is 1.00 bits per heavy atom. The van der Waals surface area contributed by atoms with Crippen LogP contribution in [0.15, 0.2) is 48.5 Å². The van der Waals surface area contributed by atoms with Crippen molar-refractivity contribution < 1.29 is 19.5 Å². The van der Waals surface area contributed by atoms with Crippen molar-refractivity contribution in [3.63, 3.8) is 0 Å². The molecule has 0 aliphatic rings. The minimum Gasteiger partial charge on any atom is -0.481 e. The number of nitrogens with one attached hydrogen (secondary N) is 2. The van der Waals surface area contributed by atoms with Crippen molar-refractivity contribution in [2.24, 2.45) is 5.41 Å². The minimum atomic E-state index is -1.17. The normalized spacial score (nSPS) is 10.9. The van der Waals surface area contributed by atoms with Crippen LogP contribution in [0.5, 0.6) is 0 Å². The van der Waals surface area contributed by atoms with Crippen LogP contribution in [0.25, 0.3) is 0 Å². The van der Waals surface area contributed by atoms with Gasteiger partial charge in [-0.05, 0) is 50.6 Å². The fraction of sp³-hybridized carbons (Fsp3) is 0.250. The van der Waals surface area contributed by atoms with Crippen molar-refractivity contribution in [1.82, 2.24) is 0 Å². The highest BCUT2D eigenvalue weighted by Crippen LogP contribution is 2.23. The maximum absolute atomic E-state index is 12.4. The number of aryl methyl sites for hydroxylation is 1. The number of rotatable bonds is 6. The van der Waals surface area contributed by atoms with Crippen molar-refractivity contribution in [3.05, 3.63) is 59.7 Å². The van der Waals surface area contributed by atoms with Crippen molar-refractivity contribution in [2.75, 3.05) is 10.6 Å². The number of carbonyl (C=O) groups excluding carboxylic acids is 2. The van der Waals surface area contributed by atoms with Gasteiger partial charge in [0.1, 0.15) is 0 Å². The molecule has 0 heterocycles. The number of anilines is 2. The maximum Gasteiger partial charge on any atom is 0.309 e. The predicted molar refractivity (Wildman–Crippen MR) is 100 cm³/mol. The molecule has 3 N–H and O–H groups in total. The molecule has 0 aliphatic heterocycles. The molecule has 0 unspecified atom stereocenters. The quantitative estimate of drug-likeness (QED) is 0.737. The predicted octanol–water partition coefficient (Wildman–Crippen LogP) is 3.69. The fourth-order valence-electron chi connectivity index (χ4n) is 2.29. The van der Waals surface area contributed by atoms with E-state index in [1.54, 1.807) is 37.3 Å². The standard InChI is InChI=1S/C20H22N2O4/c1-13-9-10-14(18(24)21-15-7-5-4-6-8-15)11-16(13)22-17(23)12-20(2,3)19(25)26/h4-11H,12H2,1-3H3,(H,21,24)(H,22,23)(H,25,26). The lowest BCUT2D eigenvalue weighted by molar-refractivity contribution is -0.148. The summed E-state index contributed by atoms with van der Waals surface area (Å²) in [6.07, 6.45) is -0.164. The molecule has 0 saturated carbocycles. The van der Waals surface area contributed by atoms with Gasteiger partial charge >= 0.3 is 5.97 Å². The number of hydrogen-bond acceptors (Lipinski definition) is 3. The van der Waals surface area contributed by atoms with Crippen LogP contribution in [0, 0.1) is 12.3 Å². The van der Waals surface area contributed by atoms with Gasteiger partial charge < -0.3 is 15.7 Å². The van der Waals surface area contributed by atoms with Crippen LogP contribution >= 0.6 is 0 Å². The molecule has 136 valence electrons. The molecule has 26 heavy (non-hydrogen) atoms. The summed E-state index contributed by atoms with van der Waals surface area (Å²) in [5.74, 6) is -1.75. The average molecular weight is 354 g/mol. The number of carboxylic acid groups (broad SMARTS) is 1. The summed E-state index contributed by atoms with van der Waals surface area (Å²) < 4.78 is 0. The van der Waals surface area contributed by atoms with E-state index in [0.717, 1.165) is 5.56 Å². The molecule has 2 aromatic rings. The molecule has 0 radical (unpaired) electrons. The molecule has 0 bridgehead atoms. The maximum atomic E-state index is 12.4. The van der Waals surface area contributed by atoms with Crippen molar-refractivity contribution in [1.29, 1.82) is 0 Å². The van der Waals surface area contributed by atoms with Crippen LogP contribution in [-0.2, 0) is 9.59 Å². The highest BCUT2D eigenvalue weighted by molar-refractivity contribution is 6.05. The largest absolute Gasteiger partial charge is 0.481 e. The van der Waals surface area contributed by atoms with Crippen LogP contribution in [0.1, 0.15) is 36.2 Å². The number of aliphatic carboxylic acids is 1. The Bertz CT molecular complexity index is 829. The first-order chi connectivity index (χ1) is 12.2. The fourth-order valence-corrected chi connectivity index (χ4v) is 2.29. The van der Waals surface area contributed by atoms with Gasteiger partial charge in [0, 0.05) is 23.4 Å². The number of para-hydroxylation sites is 1. The molecule has 0 fully saturated rings. The first-order valence-electron chi connectivity index (χ1n) is 8.19. The molecular weight excluding hydrogens is 332 g/mol. The van der Waals surface area contributed by atoms with E-state index >= 15 is 0 Å². The third-order valence-electron chi connectivity index (χ3n) is 3.99. The Labute approximate surface area is 152 Å². The molecule has 0 spiro atoms. The zero-order valence-electron chi connectivity index (χ0n) is 15.0. The first-order valence-corrected chi connectivity index (χ1v) is 8.19. The van der Waals surface area contributed by atoms with Crippen molar-refractivity contribution in [2.45, 2.75) is 27.2 Å². The molecule has 2 aromatic carbocycles. The van der Waals surface area contributed by atoms with Gasteiger partial charge in [0.15, 0.2) is 0 Å². The smallest absolute Gasteiger partial charge is 0.309 e. The Kier molecular flexibility index (Phi) is 5.77. The number of hydrogen-bond donors (Lipinski definition) is 3. The summed E-state index contributed by atoms with van der Waals surface area (Å²) in [4.78, 5) is 35.7. The van der Waals surface area contributed by atoms with Gasteiger partial charge in [0.25, 0.3) is 5.91 Å². The highest BCUT2D eigenvalue weighted by Gasteiger charge is 2.30. The second kappa shape index (κ2) is 7.82. The monoisotopic (exact) mass is 354 g/mol. The van der Waals surface area contributed by atoms with Crippen LogP contribution in [0.4, 0.5) is 11.4 Å². The zero-order valence-corrected chi connectivity index (χ0v) is 15.0. The molecule has 2 rings (SSSR count). The van der Waals surface area contributed by atoms with Gasteiger partial charge in [-0.3, -0.25) is 14.4 Å². The lowest BCUT2D eigenvalue weighted by Gasteiger charge is -2.19. The van der Waals surface area contributed by atoms with Crippen LogP contribution < -0.4 is 10.6 Å². The number of carboxylic acids is 1. The van der Waals surface area contributed by atoms with Gasteiger partial charge in [0.05, 0.1) is 5.41 Å². The molecule has 6 heteroatoms. The molecule has 0 saturated heterocycles. The molecule has 0 aliphatic carbocycles. The molecule has 0 atom stereocenters. The van der Waals surface area contributed by atoms with E-state index in [1.807, 2.05) is 18.2 Å².